The van der Waals surface area contributed by atoms with Gasteiger partial charge in [-0.25, -0.2) is 8.42 Å². The van der Waals surface area contributed by atoms with E-state index in [9.17, 15) is 13.2 Å². The molecular formula is C21H23N3O3S. The summed E-state index contributed by atoms with van der Waals surface area (Å²) in [5, 5.41) is 1.00. The highest BCUT2D eigenvalue weighted by atomic mass is 32.2. The number of amides is 1. The van der Waals surface area contributed by atoms with Gasteiger partial charge in [0.05, 0.1) is 4.90 Å². The lowest BCUT2D eigenvalue weighted by atomic mass is 10.0. The first-order valence-electron chi connectivity index (χ1n) is 9.46. The Morgan fingerprint density at radius 2 is 1.71 bits per heavy atom. The highest BCUT2D eigenvalue weighted by molar-refractivity contribution is 7.89. The Hall–Kier alpha value is -2.64. The zero-order valence-electron chi connectivity index (χ0n) is 15.5. The van der Waals surface area contributed by atoms with Crippen molar-refractivity contribution < 1.29 is 13.2 Å². The SMILES string of the molecule is O=C([C@@H](Cc1c[nH]c2ccccc12)NS(=O)(=O)c1ccccc1)N1CCCC1. The topological polar surface area (TPSA) is 82.3 Å². The molecule has 1 aromatic heterocycles. The number of fused-ring (bicyclic) bond motifs is 1. The molecule has 1 saturated heterocycles. The summed E-state index contributed by atoms with van der Waals surface area (Å²) in [7, 11) is -3.80. The molecule has 3 aromatic rings. The molecule has 0 radical (unpaired) electrons. The number of aromatic nitrogens is 1. The van der Waals surface area contributed by atoms with Crippen LogP contribution >= 0.6 is 0 Å². The van der Waals surface area contributed by atoms with Crippen LogP contribution in [0.25, 0.3) is 10.9 Å². The summed E-state index contributed by atoms with van der Waals surface area (Å²) < 4.78 is 28.4. The maximum absolute atomic E-state index is 13.1. The minimum atomic E-state index is -3.80. The second kappa shape index (κ2) is 7.77. The first-order valence-corrected chi connectivity index (χ1v) is 10.9. The maximum atomic E-state index is 13.1. The molecule has 2 heterocycles. The van der Waals surface area contributed by atoms with Gasteiger partial charge >= 0.3 is 0 Å². The van der Waals surface area contributed by atoms with E-state index in [1.54, 1.807) is 23.1 Å². The Balaban J connectivity index is 1.65. The summed E-state index contributed by atoms with van der Waals surface area (Å²) in [6.07, 6.45) is 4.06. The zero-order chi connectivity index (χ0) is 19.6. The molecule has 0 spiro atoms. The minimum absolute atomic E-state index is 0.160. The van der Waals surface area contributed by atoms with Gasteiger partial charge in [0.25, 0.3) is 0 Å². The molecule has 0 saturated carbocycles. The van der Waals surface area contributed by atoms with Crippen LogP contribution in [0.2, 0.25) is 0 Å². The Bertz CT molecular complexity index is 1070. The number of likely N-dealkylation sites (tertiary alicyclic amines) is 1. The van der Waals surface area contributed by atoms with Gasteiger partial charge in [0.15, 0.2) is 0 Å². The van der Waals surface area contributed by atoms with Gasteiger partial charge in [-0.3, -0.25) is 4.79 Å². The van der Waals surface area contributed by atoms with Crippen LogP contribution in [-0.4, -0.2) is 43.3 Å². The van der Waals surface area contributed by atoms with E-state index in [0.29, 0.717) is 19.5 Å². The third kappa shape index (κ3) is 3.81. The predicted molar refractivity (Wildman–Crippen MR) is 108 cm³/mol. The number of benzene rings is 2. The molecule has 6 nitrogen and oxygen atoms in total. The monoisotopic (exact) mass is 397 g/mol. The Morgan fingerprint density at radius 1 is 1.04 bits per heavy atom. The van der Waals surface area contributed by atoms with Crippen LogP contribution in [0.1, 0.15) is 18.4 Å². The average molecular weight is 398 g/mol. The third-order valence-electron chi connectivity index (χ3n) is 5.17. The van der Waals surface area contributed by atoms with Crippen molar-refractivity contribution in [2.24, 2.45) is 0 Å². The summed E-state index contributed by atoms with van der Waals surface area (Å²) in [6, 6.07) is 15.1. The quantitative estimate of drug-likeness (QED) is 0.671. The number of nitrogens with zero attached hydrogens (tertiary/aromatic N) is 1. The fourth-order valence-corrected chi connectivity index (χ4v) is 4.92. The van der Waals surface area contributed by atoms with E-state index in [4.69, 9.17) is 0 Å². The zero-order valence-corrected chi connectivity index (χ0v) is 16.3. The van der Waals surface area contributed by atoms with E-state index < -0.39 is 16.1 Å². The standard InChI is InChI=1S/C21H23N3O3S/c25-21(24-12-6-7-13-24)20(23-28(26,27)17-8-2-1-3-9-17)14-16-15-22-19-11-5-4-10-18(16)19/h1-5,8-11,15,20,22-23H,6-7,12-14H2/t20-/m1/s1. The average Bonchev–Trinajstić information content (AvgIpc) is 3.38. The van der Waals surface area contributed by atoms with Crippen molar-refractivity contribution in [2.75, 3.05) is 13.1 Å². The molecule has 28 heavy (non-hydrogen) atoms. The molecule has 146 valence electrons. The lowest BCUT2D eigenvalue weighted by Crippen LogP contribution is -2.48. The molecule has 2 aromatic carbocycles. The van der Waals surface area contributed by atoms with Gasteiger partial charge in [-0.05, 0) is 43.0 Å². The lowest BCUT2D eigenvalue weighted by molar-refractivity contribution is -0.131. The van der Waals surface area contributed by atoms with E-state index in [-0.39, 0.29) is 10.8 Å². The molecule has 2 N–H and O–H groups in total. The summed E-state index contributed by atoms with van der Waals surface area (Å²) in [5.41, 5.74) is 1.89. The fourth-order valence-electron chi connectivity index (χ4n) is 3.71. The second-order valence-electron chi connectivity index (χ2n) is 7.08. The Labute approximate surface area is 164 Å². The highest BCUT2D eigenvalue weighted by Gasteiger charge is 2.31. The van der Waals surface area contributed by atoms with Crippen LogP contribution in [0.3, 0.4) is 0 Å². The van der Waals surface area contributed by atoms with Crippen molar-refractivity contribution in [3.05, 3.63) is 66.4 Å². The smallest absolute Gasteiger partial charge is 0.241 e. The van der Waals surface area contributed by atoms with E-state index in [2.05, 4.69) is 9.71 Å². The van der Waals surface area contributed by atoms with Crippen molar-refractivity contribution in [1.82, 2.24) is 14.6 Å². The lowest BCUT2D eigenvalue weighted by Gasteiger charge is -2.24. The summed E-state index contributed by atoms with van der Waals surface area (Å²) in [4.78, 5) is 18.2. The van der Waals surface area contributed by atoms with Crippen LogP contribution < -0.4 is 4.72 Å². The molecule has 1 fully saturated rings. The normalized spacial score (nSPS) is 15.8. The molecule has 7 heteroatoms. The number of H-pyrrole nitrogens is 1. The number of hydrogen-bond donors (Lipinski definition) is 2. The number of aromatic amines is 1. The number of sulfonamides is 1. The number of para-hydroxylation sites is 1. The molecule has 1 atom stereocenters. The van der Waals surface area contributed by atoms with E-state index in [0.717, 1.165) is 29.3 Å². The minimum Gasteiger partial charge on any atom is -0.361 e. The van der Waals surface area contributed by atoms with Crippen LogP contribution in [0, 0.1) is 0 Å². The van der Waals surface area contributed by atoms with Crippen molar-refractivity contribution >= 4 is 26.8 Å². The molecular weight excluding hydrogens is 374 g/mol. The fraction of sp³-hybridized carbons (Fsp3) is 0.286. The molecule has 1 amide bonds. The maximum Gasteiger partial charge on any atom is 0.241 e. The third-order valence-corrected chi connectivity index (χ3v) is 6.65. The molecule has 1 aliphatic heterocycles. The van der Waals surface area contributed by atoms with Gasteiger partial charge < -0.3 is 9.88 Å². The van der Waals surface area contributed by atoms with Crippen molar-refractivity contribution in [3.8, 4) is 0 Å². The molecule has 1 aliphatic rings. The Kier molecular flexibility index (Phi) is 5.19. The van der Waals surface area contributed by atoms with Crippen LogP contribution in [0.15, 0.2) is 65.7 Å². The molecule has 4 rings (SSSR count). The predicted octanol–water partition coefficient (Wildman–Crippen LogP) is 2.68. The molecule has 0 unspecified atom stereocenters. The van der Waals surface area contributed by atoms with Gasteiger partial charge in [-0.2, -0.15) is 4.72 Å². The highest BCUT2D eigenvalue weighted by Crippen LogP contribution is 2.21. The summed E-state index contributed by atoms with van der Waals surface area (Å²) in [6.45, 7) is 1.35. The largest absolute Gasteiger partial charge is 0.361 e. The number of nitrogens with one attached hydrogen (secondary N) is 2. The second-order valence-corrected chi connectivity index (χ2v) is 8.80. The van der Waals surface area contributed by atoms with E-state index in [1.165, 1.54) is 12.1 Å². The van der Waals surface area contributed by atoms with E-state index in [1.807, 2.05) is 30.5 Å². The number of carbonyl (C=O) groups excluding carboxylic acids is 1. The number of rotatable bonds is 6. The number of carbonyl (C=O) groups is 1. The molecule has 0 aliphatic carbocycles. The van der Waals surface area contributed by atoms with Gasteiger partial charge in [-0.15, -0.1) is 0 Å². The van der Waals surface area contributed by atoms with Crippen molar-refractivity contribution in [3.63, 3.8) is 0 Å². The van der Waals surface area contributed by atoms with Gasteiger partial charge in [0.2, 0.25) is 15.9 Å². The van der Waals surface area contributed by atoms with Crippen LogP contribution in [0.5, 0.6) is 0 Å². The van der Waals surface area contributed by atoms with Gasteiger partial charge in [0.1, 0.15) is 6.04 Å². The van der Waals surface area contributed by atoms with Gasteiger partial charge in [0, 0.05) is 30.2 Å². The molecule has 0 bridgehead atoms. The first kappa shape index (κ1) is 18.7. The number of hydrogen-bond acceptors (Lipinski definition) is 3. The Morgan fingerprint density at radius 3 is 2.46 bits per heavy atom. The first-order chi connectivity index (χ1) is 13.5. The summed E-state index contributed by atoms with van der Waals surface area (Å²) >= 11 is 0. The van der Waals surface area contributed by atoms with Crippen molar-refractivity contribution in [1.29, 1.82) is 0 Å². The van der Waals surface area contributed by atoms with Crippen LogP contribution in [0.4, 0.5) is 0 Å². The van der Waals surface area contributed by atoms with Gasteiger partial charge in [-0.1, -0.05) is 36.4 Å². The van der Waals surface area contributed by atoms with Crippen molar-refractivity contribution in [2.45, 2.75) is 30.2 Å². The van der Waals surface area contributed by atoms with E-state index >= 15 is 0 Å². The van der Waals surface area contributed by atoms with Crippen LogP contribution in [-0.2, 0) is 21.2 Å². The summed E-state index contributed by atoms with van der Waals surface area (Å²) in [5.74, 6) is -0.165.